The van der Waals surface area contributed by atoms with E-state index in [2.05, 4.69) is 37.9 Å². The van der Waals surface area contributed by atoms with Crippen molar-refractivity contribution in [2.45, 2.75) is 19.0 Å². The van der Waals surface area contributed by atoms with Gasteiger partial charge in [-0.2, -0.15) is 10.1 Å². The van der Waals surface area contributed by atoms with Crippen molar-refractivity contribution in [1.82, 2.24) is 24.6 Å². The number of allylic oxidation sites excluding steroid dienone is 1. The number of fused-ring (bicyclic) bond motifs is 2. The normalized spacial score (nSPS) is 24.1. The number of nitrogens with two attached hydrogens (primary N) is 1. The van der Waals surface area contributed by atoms with E-state index in [0.717, 1.165) is 6.42 Å². The van der Waals surface area contributed by atoms with Gasteiger partial charge >= 0.3 is 0 Å². The molecular formula is C19H23ClN8O2. The van der Waals surface area contributed by atoms with Crippen LogP contribution in [-0.2, 0) is 16.1 Å². The minimum absolute atomic E-state index is 0.0669. The summed E-state index contributed by atoms with van der Waals surface area (Å²) >= 11 is 6.29. The zero-order valence-corrected chi connectivity index (χ0v) is 17.4. The quantitative estimate of drug-likeness (QED) is 0.563. The number of rotatable bonds is 7. The Morgan fingerprint density at radius 3 is 2.80 bits per heavy atom. The lowest BCUT2D eigenvalue weighted by molar-refractivity contribution is -0.129. The standard InChI is InChI=1S/C19H23ClN8O2/c1-27(2)14(29)9-28-8-12(6-23-28)24-19-22-7-13(20)18(26-19)25-16-11-4-3-10(5-11)15(16)17(21)30/h3-4,6-8,10-11,15-16H,5,9H2,1-2H3,(H2,21,30)(H2,22,24,25,26)/t10-,11+,15+,16-/m1/s1. The fourth-order valence-corrected chi connectivity index (χ4v) is 4.16. The molecule has 0 saturated heterocycles. The number of primary amides is 1. The number of carbonyl (C=O) groups excluding carboxylic acids is 2. The number of hydrogen-bond acceptors (Lipinski definition) is 7. The van der Waals surface area contributed by atoms with Crippen molar-refractivity contribution in [1.29, 1.82) is 0 Å². The lowest BCUT2D eigenvalue weighted by atomic mass is 9.88. The monoisotopic (exact) mass is 430 g/mol. The van der Waals surface area contributed by atoms with Crippen molar-refractivity contribution in [2.75, 3.05) is 24.7 Å². The van der Waals surface area contributed by atoms with Gasteiger partial charge in [0, 0.05) is 26.3 Å². The molecule has 2 aromatic heterocycles. The van der Waals surface area contributed by atoms with Crippen LogP contribution in [-0.4, -0.2) is 56.6 Å². The Balaban J connectivity index is 1.48. The molecule has 0 spiro atoms. The summed E-state index contributed by atoms with van der Waals surface area (Å²) in [6, 6.07) is -0.155. The molecule has 2 aromatic rings. The Hall–Kier alpha value is -3.14. The van der Waals surface area contributed by atoms with Gasteiger partial charge in [-0.25, -0.2) is 4.98 Å². The molecule has 10 nitrogen and oxygen atoms in total. The number of hydrogen-bond donors (Lipinski definition) is 3. The minimum Gasteiger partial charge on any atom is -0.369 e. The van der Waals surface area contributed by atoms with Gasteiger partial charge in [0.2, 0.25) is 17.8 Å². The second kappa shape index (κ2) is 7.94. The zero-order chi connectivity index (χ0) is 21.4. The highest BCUT2D eigenvalue weighted by atomic mass is 35.5. The van der Waals surface area contributed by atoms with Crippen LogP contribution in [0.15, 0.2) is 30.7 Å². The van der Waals surface area contributed by atoms with Crippen LogP contribution in [0, 0.1) is 17.8 Å². The molecule has 4 rings (SSSR count). The Labute approximate surface area is 178 Å². The lowest BCUT2D eigenvalue weighted by Gasteiger charge is -2.27. The van der Waals surface area contributed by atoms with E-state index >= 15 is 0 Å². The van der Waals surface area contributed by atoms with Crippen LogP contribution < -0.4 is 16.4 Å². The maximum Gasteiger partial charge on any atom is 0.243 e. The number of aromatic nitrogens is 4. The highest BCUT2D eigenvalue weighted by molar-refractivity contribution is 6.32. The Morgan fingerprint density at radius 2 is 2.07 bits per heavy atom. The van der Waals surface area contributed by atoms with Gasteiger partial charge in [-0.3, -0.25) is 14.3 Å². The van der Waals surface area contributed by atoms with E-state index in [9.17, 15) is 9.59 Å². The molecule has 158 valence electrons. The SMILES string of the molecule is CN(C)C(=O)Cn1cc(Nc2ncc(Cl)c(N[C@H]3[C@@H](C(N)=O)[C@@H]4C=C[C@H]3C4)n2)cn1. The maximum absolute atomic E-state index is 11.9. The third-order valence-electron chi connectivity index (χ3n) is 5.52. The first-order chi connectivity index (χ1) is 14.3. The predicted octanol–water partition coefficient (Wildman–Crippen LogP) is 1.25. The number of nitrogens with one attached hydrogen (secondary N) is 2. The minimum atomic E-state index is -0.326. The Morgan fingerprint density at radius 1 is 1.30 bits per heavy atom. The van der Waals surface area contributed by atoms with E-state index in [1.807, 2.05) is 0 Å². The molecule has 30 heavy (non-hydrogen) atoms. The Kier molecular flexibility index (Phi) is 5.33. The Bertz CT molecular complexity index is 1000. The lowest BCUT2D eigenvalue weighted by Crippen LogP contribution is -2.41. The van der Waals surface area contributed by atoms with Crippen LogP contribution in [0.3, 0.4) is 0 Å². The van der Waals surface area contributed by atoms with E-state index in [1.165, 1.54) is 15.8 Å². The molecule has 1 fully saturated rings. The van der Waals surface area contributed by atoms with Crippen molar-refractivity contribution >= 4 is 40.9 Å². The molecule has 4 N–H and O–H groups in total. The predicted molar refractivity (Wildman–Crippen MR) is 112 cm³/mol. The number of halogens is 1. The molecule has 11 heteroatoms. The van der Waals surface area contributed by atoms with Crippen molar-refractivity contribution in [3.05, 3.63) is 35.8 Å². The van der Waals surface area contributed by atoms with Crippen LogP contribution in [0.5, 0.6) is 0 Å². The number of likely N-dealkylation sites (N-methyl/N-ethyl adjacent to an activating group) is 1. The van der Waals surface area contributed by atoms with E-state index < -0.39 is 0 Å². The third-order valence-corrected chi connectivity index (χ3v) is 5.80. The van der Waals surface area contributed by atoms with Gasteiger partial charge in [0.25, 0.3) is 0 Å². The number of nitrogens with zero attached hydrogens (tertiary/aromatic N) is 5. The fraction of sp³-hybridized carbons (Fsp3) is 0.421. The second-order valence-corrected chi connectivity index (χ2v) is 8.18. The maximum atomic E-state index is 11.9. The summed E-state index contributed by atoms with van der Waals surface area (Å²) in [5.74, 6) is 0.419. The summed E-state index contributed by atoms with van der Waals surface area (Å²) in [4.78, 5) is 33.9. The van der Waals surface area contributed by atoms with Crippen molar-refractivity contribution in [3.8, 4) is 0 Å². The molecule has 0 aliphatic heterocycles. The van der Waals surface area contributed by atoms with Crippen LogP contribution in [0.2, 0.25) is 5.02 Å². The van der Waals surface area contributed by atoms with Crippen LogP contribution in [0.25, 0.3) is 0 Å². The molecule has 2 bridgehead atoms. The fourth-order valence-electron chi connectivity index (χ4n) is 4.02. The van der Waals surface area contributed by atoms with E-state index in [-0.39, 0.29) is 42.2 Å². The average Bonchev–Trinajstić information content (AvgIpc) is 3.40. The topological polar surface area (TPSA) is 131 Å². The number of amides is 2. The van der Waals surface area contributed by atoms with E-state index in [4.69, 9.17) is 17.3 Å². The first-order valence-corrected chi connectivity index (χ1v) is 9.96. The molecule has 2 aliphatic carbocycles. The third kappa shape index (κ3) is 3.95. The summed E-state index contributed by atoms with van der Waals surface area (Å²) < 4.78 is 1.53. The smallest absolute Gasteiger partial charge is 0.243 e. The highest BCUT2D eigenvalue weighted by Crippen LogP contribution is 2.45. The van der Waals surface area contributed by atoms with Gasteiger partial charge in [0.05, 0.1) is 24.0 Å². The van der Waals surface area contributed by atoms with Crippen LogP contribution >= 0.6 is 11.6 Å². The largest absolute Gasteiger partial charge is 0.369 e. The summed E-state index contributed by atoms with van der Waals surface area (Å²) in [5.41, 5.74) is 6.26. The molecule has 0 radical (unpaired) electrons. The molecule has 1 saturated carbocycles. The number of carbonyl (C=O) groups is 2. The molecule has 0 unspecified atom stereocenters. The second-order valence-electron chi connectivity index (χ2n) is 7.78. The first kappa shape index (κ1) is 20.1. The van der Waals surface area contributed by atoms with Crippen molar-refractivity contribution in [2.24, 2.45) is 23.5 Å². The summed E-state index contributed by atoms with van der Waals surface area (Å²) in [5, 5.41) is 10.9. The first-order valence-electron chi connectivity index (χ1n) is 9.58. The molecule has 2 heterocycles. The molecular weight excluding hydrogens is 408 g/mol. The van der Waals surface area contributed by atoms with Gasteiger partial charge in [0.15, 0.2) is 5.82 Å². The highest BCUT2D eigenvalue weighted by Gasteiger charge is 2.47. The zero-order valence-electron chi connectivity index (χ0n) is 16.6. The summed E-state index contributed by atoms with van der Waals surface area (Å²) in [7, 11) is 3.38. The summed E-state index contributed by atoms with van der Waals surface area (Å²) in [6.07, 6.45) is 9.82. The van der Waals surface area contributed by atoms with Gasteiger partial charge in [-0.15, -0.1) is 0 Å². The molecule has 4 atom stereocenters. The van der Waals surface area contributed by atoms with Crippen molar-refractivity contribution in [3.63, 3.8) is 0 Å². The van der Waals surface area contributed by atoms with Crippen molar-refractivity contribution < 1.29 is 9.59 Å². The van der Waals surface area contributed by atoms with E-state index in [1.54, 1.807) is 26.5 Å². The van der Waals surface area contributed by atoms with Crippen LogP contribution in [0.4, 0.5) is 17.5 Å². The van der Waals surface area contributed by atoms with Crippen LogP contribution in [0.1, 0.15) is 6.42 Å². The van der Waals surface area contributed by atoms with Gasteiger partial charge < -0.3 is 21.3 Å². The van der Waals surface area contributed by atoms with Gasteiger partial charge in [0.1, 0.15) is 11.6 Å². The van der Waals surface area contributed by atoms with Gasteiger partial charge in [-0.1, -0.05) is 23.8 Å². The molecule has 0 aromatic carbocycles. The molecule has 2 amide bonds. The van der Waals surface area contributed by atoms with Gasteiger partial charge in [-0.05, 0) is 18.3 Å². The number of anilines is 3. The molecule has 2 aliphatic rings. The summed E-state index contributed by atoms with van der Waals surface area (Å²) in [6.45, 7) is 0.134. The average molecular weight is 431 g/mol. The van der Waals surface area contributed by atoms with E-state index in [0.29, 0.717) is 22.5 Å².